The fourth-order valence-corrected chi connectivity index (χ4v) is 3.49. The molecule has 134 valence electrons. The lowest BCUT2D eigenvalue weighted by Crippen LogP contribution is -2.38. The minimum Gasteiger partial charge on any atom is -0.496 e. The van der Waals surface area contributed by atoms with Gasteiger partial charge in [-0.05, 0) is 43.5 Å². The number of aromatic nitrogens is 2. The van der Waals surface area contributed by atoms with Crippen LogP contribution in [0.1, 0.15) is 40.4 Å². The highest BCUT2D eigenvalue weighted by Gasteiger charge is 2.26. The quantitative estimate of drug-likeness (QED) is 0.904. The summed E-state index contributed by atoms with van der Waals surface area (Å²) in [6.45, 7) is 4.02. The minimum atomic E-state index is 0.0561. The number of aryl methyl sites for hydroxylation is 1. The van der Waals surface area contributed by atoms with Gasteiger partial charge >= 0.3 is 0 Å². The first-order valence-electron chi connectivity index (χ1n) is 8.70. The highest BCUT2D eigenvalue weighted by atomic mass is 16.5. The number of hydrogen-bond acceptors (Lipinski definition) is 4. The van der Waals surface area contributed by atoms with Crippen LogP contribution in [-0.2, 0) is 6.54 Å². The van der Waals surface area contributed by atoms with Crippen molar-refractivity contribution >= 4 is 5.91 Å². The molecule has 1 aliphatic heterocycles. The van der Waals surface area contributed by atoms with E-state index in [1.807, 2.05) is 40.8 Å². The number of carbonyl (C=O) groups is 1. The Labute approximate surface area is 148 Å². The highest BCUT2D eigenvalue weighted by Crippen LogP contribution is 2.29. The van der Waals surface area contributed by atoms with Gasteiger partial charge in [-0.25, -0.2) is 0 Å². The third kappa shape index (κ3) is 3.69. The van der Waals surface area contributed by atoms with Gasteiger partial charge < -0.3 is 14.7 Å². The highest BCUT2D eigenvalue weighted by molar-refractivity contribution is 5.94. The van der Waals surface area contributed by atoms with Gasteiger partial charge in [-0.3, -0.25) is 9.48 Å². The van der Waals surface area contributed by atoms with E-state index < -0.39 is 0 Å². The summed E-state index contributed by atoms with van der Waals surface area (Å²) in [5.74, 6) is 1.18. The number of aliphatic hydroxyl groups is 1. The minimum absolute atomic E-state index is 0.0561. The van der Waals surface area contributed by atoms with Crippen LogP contribution in [0.15, 0.2) is 30.5 Å². The van der Waals surface area contributed by atoms with Gasteiger partial charge in [-0.2, -0.15) is 5.10 Å². The topological polar surface area (TPSA) is 67.6 Å². The van der Waals surface area contributed by atoms with Crippen molar-refractivity contribution in [3.63, 3.8) is 0 Å². The molecule has 1 amide bonds. The van der Waals surface area contributed by atoms with Crippen LogP contribution < -0.4 is 4.74 Å². The van der Waals surface area contributed by atoms with E-state index in [0.717, 1.165) is 42.9 Å². The van der Waals surface area contributed by atoms with Gasteiger partial charge in [0.2, 0.25) is 0 Å². The van der Waals surface area contributed by atoms with E-state index in [2.05, 4.69) is 5.10 Å². The number of hydrogen-bond donors (Lipinski definition) is 1. The second-order valence-electron chi connectivity index (χ2n) is 6.45. The summed E-state index contributed by atoms with van der Waals surface area (Å²) < 4.78 is 7.19. The van der Waals surface area contributed by atoms with Gasteiger partial charge in [0, 0.05) is 36.5 Å². The monoisotopic (exact) mass is 343 g/mol. The number of piperidine rings is 1. The molecule has 6 heteroatoms. The Hall–Kier alpha value is -2.34. The van der Waals surface area contributed by atoms with E-state index in [9.17, 15) is 4.79 Å². The van der Waals surface area contributed by atoms with Crippen molar-refractivity contribution in [3.05, 3.63) is 47.3 Å². The molecule has 0 saturated carbocycles. The van der Waals surface area contributed by atoms with Gasteiger partial charge in [-0.1, -0.05) is 6.07 Å². The second-order valence-corrected chi connectivity index (χ2v) is 6.45. The molecule has 1 fully saturated rings. The Bertz CT molecular complexity index is 733. The molecule has 0 bridgehead atoms. The molecule has 2 aromatic rings. The Morgan fingerprint density at radius 1 is 1.32 bits per heavy atom. The van der Waals surface area contributed by atoms with Gasteiger partial charge in [-0.15, -0.1) is 0 Å². The molecule has 0 atom stereocenters. The zero-order valence-corrected chi connectivity index (χ0v) is 14.8. The van der Waals surface area contributed by atoms with E-state index in [4.69, 9.17) is 9.84 Å². The first-order chi connectivity index (χ1) is 12.1. The molecule has 0 spiro atoms. The molecule has 25 heavy (non-hydrogen) atoms. The summed E-state index contributed by atoms with van der Waals surface area (Å²) in [5, 5.41) is 13.4. The molecule has 3 rings (SSSR count). The molecular weight excluding hydrogens is 318 g/mol. The third-order valence-corrected chi connectivity index (χ3v) is 4.92. The molecule has 0 aliphatic carbocycles. The molecule has 1 N–H and O–H groups in total. The number of benzene rings is 1. The van der Waals surface area contributed by atoms with Crippen LogP contribution in [0, 0.1) is 6.92 Å². The van der Waals surface area contributed by atoms with Crippen molar-refractivity contribution in [1.82, 2.24) is 14.7 Å². The molecule has 1 aliphatic rings. The molecule has 1 saturated heterocycles. The standard InChI is InChI=1S/C19H25N3O3/c1-14-3-4-16(13-18(14)25-2)19(24)21-9-6-15(7-10-21)17-5-8-20-22(17)11-12-23/h3-5,8,13,15,23H,6-7,9-12H2,1-2H3. The molecular formula is C19H25N3O3. The SMILES string of the molecule is COc1cc(C(=O)N2CCC(c3ccnn3CCO)CC2)ccc1C. The average Bonchev–Trinajstić information content (AvgIpc) is 3.10. The Morgan fingerprint density at radius 2 is 2.08 bits per heavy atom. The van der Waals surface area contributed by atoms with Crippen molar-refractivity contribution in [1.29, 1.82) is 0 Å². The van der Waals surface area contributed by atoms with Gasteiger partial charge in [0.25, 0.3) is 5.91 Å². The lowest BCUT2D eigenvalue weighted by atomic mass is 9.93. The van der Waals surface area contributed by atoms with E-state index in [0.29, 0.717) is 18.0 Å². The number of amides is 1. The zero-order valence-electron chi connectivity index (χ0n) is 14.8. The van der Waals surface area contributed by atoms with Gasteiger partial charge in [0.15, 0.2) is 0 Å². The lowest BCUT2D eigenvalue weighted by molar-refractivity contribution is 0.0710. The van der Waals surface area contributed by atoms with Crippen LogP contribution in [0.25, 0.3) is 0 Å². The fraction of sp³-hybridized carbons (Fsp3) is 0.474. The van der Waals surface area contributed by atoms with E-state index in [1.165, 1.54) is 0 Å². The summed E-state index contributed by atoms with van der Waals surface area (Å²) in [7, 11) is 1.62. The number of methoxy groups -OCH3 is 1. The smallest absolute Gasteiger partial charge is 0.253 e. The molecule has 1 aromatic heterocycles. The fourth-order valence-electron chi connectivity index (χ4n) is 3.49. The van der Waals surface area contributed by atoms with E-state index >= 15 is 0 Å². The average molecular weight is 343 g/mol. The number of ether oxygens (including phenoxy) is 1. The maximum Gasteiger partial charge on any atom is 0.253 e. The molecule has 1 aromatic carbocycles. The van der Waals surface area contributed by atoms with Crippen molar-refractivity contribution in [2.75, 3.05) is 26.8 Å². The number of aliphatic hydroxyl groups excluding tert-OH is 1. The summed E-state index contributed by atoms with van der Waals surface area (Å²) >= 11 is 0. The van der Waals surface area contributed by atoms with Crippen LogP contribution in [0.4, 0.5) is 0 Å². The van der Waals surface area contributed by atoms with Crippen molar-refractivity contribution in [2.45, 2.75) is 32.2 Å². The third-order valence-electron chi connectivity index (χ3n) is 4.92. The number of carbonyl (C=O) groups excluding carboxylic acids is 1. The van der Waals surface area contributed by atoms with Crippen LogP contribution >= 0.6 is 0 Å². The second kappa shape index (κ2) is 7.70. The van der Waals surface area contributed by atoms with Crippen molar-refractivity contribution in [3.8, 4) is 5.75 Å². The van der Waals surface area contributed by atoms with Crippen LogP contribution in [0.2, 0.25) is 0 Å². The predicted molar refractivity (Wildman–Crippen MR) is 94.9 cm³/mol. The normalized spacial score (nSPS) is 15.4. The summed E-state index contributed by atoms with van der Waals surface area (Å²) in [5.41, 5.74) is 2.85. The molecule has 0 unspecified atom stereocenters. The predicted octanol–water partition coefficient (Wildman–Crippen LogP) is 2.21. The first-order valence-corrected chi connectivity index (χ1v) is 8.70. The Balaban J connectivity index is 1.65. The lowest BCUT2D eigenvalue weighted by Gasteiger charge is -2.32. The number of likely N-dealkylation sites (tertiary alicyclic amines) is 1. The van der Waals surface area contributed by atoms with Crippen molar-refractivity contribution < 1.29 is 14.6 Å². The Kier molecular flexibility index (Phi) is 5.38. The van der Waals surface area contributed by atoms with Crippen LogP contribution in [0.5, 0.6) is 5.75 Å². The van der Waals surface area contributed by atoms with Crippen LogP contribution in [0.3, 0.4) is 0 Å². The maximum atomic E-state index is 12.8. The molecule has 2 heterocycles. The molecule has 0 radical (unpaired) electrons. The Morgan fingerprint density at radius 3 is 2.76 bits per heavy atom. The first kappa shape index (κ1) is 17.5. The maximum absolute atomic E-state index is 12.8. The van der Waals surface area contributed by atoms with Gasteiger partial charge in [0.1, 0.15) is 5.75 Å². The van der Waals surface area contributed by atoms with E-state index in [-0.39, 0.29) is 12.5 Å². The van der Waals surface area contributed by atoms with Gasteiger partial charge in [0.05, 0.1) is 20.3 Å². The van der Waals surface area contributed by atoms with Crippen molar-refractivity contribution in [2.24, 2.45) is 0 Å². The molecule has 6 nitrogen and oxygen atoms in total. The zero-order chi connectivity index (χ0) is 17.8. The van der Waals surface area contributed by atoms with E-state index in [1.54, 1.807) is 13.3 Å². The van der Waals surface area contributed by atoms with Crippen LogP contribution in [-0.4, -0.2) is 52.5 Å². The number of nitrogens with zero attached hydrogens (tertiary/aromatic N) is 3. The largest absolute Gasteiger partial charge is 0.496 e. The summed E-state index contributed by atoms with van der Waals surface area (Å²) in [6.07, 6.45) is 3.60. The summed E-state index contributed by atoms with van der Waals surface area (Å²) in [4.78, 5) is 14.7. The summed E-state index contributed by atoms with van der Waals surface area (Å²) in [6, 6.07) is 7.62. The number of rotatable bonds is 5.